The van der Waals surface area contributed by atoms with Gasteiger partial charge in [0.2, 0.25) is 9.84 Å². The maximum atomic E-state index is 12.4. The first kappa shape index (κ1) is 18.8. The van der Waals surface area contributed by atoms with Crippen molar-refractivity contribution in [2.75, 3.05) is 13.1 Å². The van der Waals surface area contributed by atoms with Crippen LogP contribution in [0.5, 0.6) is 0 Å². The Kier molecular flexibility index (Phi) is 6.27. The van der Waals surface area contributed by atoms with E-state index in [1.165, 1.54) is 12.1 Å². The zero-order valence-electron chi connectivity index (χ0n) is 11.6. The summed E-state index contributed by atoms with van der Waals surface area (Å²) >= 11 is 0. The first-order valence-corrected chi connectivity index (χ1v) is 8.05. The topological polar surface area (TPSA) is 80.5 Å². The minimum Gasteiger partial charge on any atom is -0.334 e. The third kappa shape index (κ3) is 3.56. The average Bonchev–Trinajstić information content (AvgIpc) is 2.94. The summed E-state index contributed by atoms with van der Waals surface area (Å²) in [6.45, 7) is 0.960. The van der Waals surface area contributed by atoms with Gasteiger partial charge in [-0.3, -0.25) is 4.79 Å². The van der Waals surface area contributed by atoms with E-state index in [4.69, 9.17) is 5.73 Å². The van der Waals surface area contributed by atoms with Gasteiger partial charge in [0.05, 0.1) is 4.90 Å². The van der Waals surface area contributed by atoms with Crippen molar-refractivity contribution in [3.05, 3.63) is 29.8 Å². The van der Waals surface area contributed by atoms with Crippen molar-refractivity contribution in [2.45, 2.75) is 29.5 Å². The summed E-state index contributed by atoms with van der Waals surface area (Å²) in [7, 11) is -4.63. The fourth-order valence-electron chi connectivity index (χ4n) is 2.40. The van der Waals surface area contributed by atoms with Gasteiger partial charge in [0.15, 0.2) is 0 Å². The van der Waals surface area contributed by atoms with Crippen LogP contribution in [0.25, 0.3) is 0 Å². The molecular formula is C13H17ClF2N2O3S. The van der Waals surface area contributed by atoms with Crippen molar-refractivity contribution >= 4 is 28.2 Å². The molecule has 124 valence electrons. The van der Waals surface area contributed by atoms with E-state index in [0.29, 0.717) is 13.1 Å². The standard InChI is InChI=1S/C13H16F2N2O3S.ClH/c14-13(15)21(19,20)11-5-3-9(4-6-11)12(18)17-7-1-2-10(17)8-16;/h3-6,10,13H,1-2,7-8,16H2;1H. The number of alkyl halides is 2. The molecule has 0 aromatic heterocycles. The molecule has 5 nitrogen and oxygen atoms in total. The summed E-state index contributed by atoms with van der Waals surface area (Å²) in [5, 5.41) is 0. The monoisotopic (exact) mass is 354 g/mol. The van der Waals surface area contributed by atoms with Gasteiger partial charge in [-0.1, -0.05) is 0 Å². The van der Waals surface area contributed by atoms with E-state index >= 15 is 0 Å². The molecule has 0 radical (unpaired) electrons. The van der Waals surface area contributed by atoms with Crippen LogP contribution in [-0.4, -0.2) is 44.1 Å². The number of nitrogens with zero attached hydrogens (tertiary/aromatic N) is 1. The minimum absolute atomic E-state index is 0. The van der Waals surface area contributed by atoms with Crippen molar-refractivity contribution in [3.8, 4) is 0 Å². The molecule has 0 spiro atoms. The minimum atomic E-state index is -4.63. The van der Waals surface area contributed by atoms with Gasteiger partial charge in [-0.25, -0.2) is 8.42 Å². The summed E-state index contributed by atoms with van der Waals surface area (Å²) in [5.74, 6) is -3.73. The lowest BCUT2D eigenvalue weighted by Crippen LogP contribution is -2.39. The third-order valence-electron chi connectivity index (χ3n) is 3.57. The van der Waals surface area contributed by atoms with Crippen LogP contribution in [0, 0.1) is 0 Å². The van der Waals surface area contributed by atoms with Crippen molar-refractivity contribution < 1.29 is 22.0 Å². The van der Waals surface area contributed by atoms with Gasteiger partial charge in [0.25, 0.3) is 5.91 Å². The smallest absolute Gasteiger partial charge is 0.334 e. The van der Waals surface area contributed by atoms with Crippen LogP contribution in [0.4, 0.5) is 8.78 Å². The Balaban J connectivity index is 0.00000242. The van der Waals surface area contributed by atoms with Crippen LogP contribution >= 0.6 is 12.4 Å². The third-order valence-corrected chi connectivity index (χ3v) is 4.97. The summed E-state index contributed by atoms with van der Waals surface area (Å²) < 4.78 is 47.5. The molecule has 0 aliphatic carbocycles. The zero-order chi connectivity index (χ0) is 15.6. The van der Waals surface area contributed by atoms with E-state index in [1.54, 1.807) is 4.90 Å². The summed E-state index contributed by atoms with van der Waals surface area (Å²) in [4.78, 5) is 13.4. The molecule has 22 heavy (non-hydrogen) atoms. The lowest BCUT2D eigenvalue weighted by Gasteiger charge is -2.23. The Hall–Kier alpha value is -1.25. The van der Waals surface area contributed by atoms with Crippen LogP contribution in [0.15, 0.2) is 29.2 Å². The molecule has 1 saturated heterocycles. The first-order chi connectivity index (χ1) is 9.87. The second kappa shape index (κ2) is 7.34. The highest BCUT2D eigenvalue weighted by Gasteiger charge is 2.29. The number of amides is 1. The molecular weight excluding hydrogens is 338 g/mol. The molecule has 1 fully saturated rings. The fraction of sp³-hybridized carbons (Fsp3) is 0.462. The van der Waals surface area contributed by atoms with Crippen LogP contribution in [-0.2, 0) is 9.84 Å². The largest absolute Gasteiger partial charge is 0.341 e. The molecule has 2 N–H and O–H groups in total. The molecule has 1 aliphatic heterocycles. The molecule has 0 saturated carbocycles. The van der Waals surface area contributed by atoms with E-state index in [-0.39, 0.29) is 29.9 Å². The van der Waals surface area contributed by atoms with Crippen LogP contribution in [0.2, 0.25) is 0 Å². The predicted molar refractivity (Wildman–Crippen MR) is 80.0 cm³/mol. The second-order valence-corrected chi connectivity index (χ2v) is 6.78. The second-order valence-electron chi connectivity index (χ2n) is 4.86. The number of benzene rings is 1. The number of sulfone groups is 1. The van der Waals surface area contributed by atoms with E-state index in [9.17, 15) is 22.0 Å². The molecule has 0 bridgehead atoms. The highest BCUT2D eigenvalue weighted by atomic mass is 35.5. The fourth-order valence-corrected chi connectivity index (χ4v) is 3.13. The van der Waals surface area contributed by atoms with Gasteiger partial charge < -0.3 is 10.6 Å². The maximum Gasteiger partial charge on any atom is 0.341 e. The van der Waals surface area contributed by atoms with Crippen molar-refractivity contribution in [1.82, 2.24) is 4.90 Å². The maximum absolute atomic E-state index is 12.4. The van der Waals surface area contributed by atoms with Crippen LogP contribution in [0.1, 0.15) is 23.2 Å². The number of rotatable bonds is 4. The van der Waals surface area contributed by atoms with Gasteiger partial charge in [-0.05, 0) is 37.1 Å². The van der Waals surface area contributed by atoms with Crippen molar-refractivity contribution in [2.24, 2.45) is 5.73 Å². The molecule has 2 rings (SSSR count). The number of nitrogens with two attached hydrogens (primary N) is 1. The average molecular weight is 355 g/mol. The summed E-state index contributed by atoms with van der Waals surface area (Å²) in [5.41, 5.74) is 5.87. The predicted octanol–water partition coefficient (Wildman–Crippen LogP) is 1.67. The Morgan fingerprint density at radius 1 is 1.32 bits per heavy atom. The lowest BCUT2D eigenvalue weighted by atomic mass is 10.1. The van der Waals surface area contributed by atoms with Crippen molar-refractivity contribution in [1.29, 1.82) is 0 Å². The zero-order valence-corrected chi connectivity index (χ0v) is 13.2. The Morgan fingerprint density at radius 2 is 1.91 bits per heavy atom. The Labute approximate surface area is 133 Å². The molecule has 1 heterocycles. The molecule has 1 aliphatic rings. The SMILES string of the molecule is Cl.NCC1CCCN1C(=O)c1ccc(S(=O)(=O)C(F)F)cc1. The van der Waals surface area contributed by atoms with E-state index in [2.05, 4.69) is 0 Å². The van der Waals surface area contributed by atoms with Crippen LogP contribution in [0.3, 0.4) is 0 Å². The Bertz CT molecular complexity index is 623. The number of likely N-dealkylation sites (tertiary alicyclic amines) is 1. The van der Waals surface area contributed by atoms with Crippen molar-refractivity contribution in [3.63, 3.8) is 0 Å². The highest BCUT2D eigenvalue weighted by Crippen LogP contribution is 2.22. The van der Waals surface area contributed by atoms with Gasteiger partial charge in [-0.15, -0.1) is 12.4 Å². The number of hydrogen-bond donors (Lipinski definition) is 1. The van der Waals surface area contributed by atoms with E-state index in [0.717, 1.165) is 25.0 Å². The highest BCUT2D eigenvalue weighted by molar-refractivity contribution is 7.91. The number of halogens is 3. The summed E-state index contributed by atoms with van der Waals surface area (Å²) in [6.07, 6.45) is 1.70. The van der Waals surface area contributed by atoms with Gasteiger partial charge in [-0.2, -0.15) is 8.78 Å². The normalized spacial score (nSPS) is 18.4. The number of carbonyl (C=O) groups is 1. The Morgan fingerprint density at radius 3 is 2.41 bits per heavy atom. The first-order valence-electron chi connectivity index (χ1n) is 6.51. The van der Waals surface area contributed by atoms with E-state index in [1.807, 2.05) is 0 Å². The molecule has 1 amide bonds. The quantitative estimate of drug-likeness (QED) is 0.891. The number of hydrogen-bond acceptors (Lipinski definition) is 4. The van der Waals surface area contributed by atoms with E-state index < -0.39 is 20.5 Å². The molecule has 1 unspecified atom stereocenters. The molecule has 1 atom stereocenters. The number of carbonyl (C=O) groups excluding carboxylic acids is 1. The summed E-state index contributed by atoms with van der Waals surface area (Å²) in [6, 6.07) is 4.54. The molecule has 1 aromatic carbocycles. The van der Waals surface area contributed by atoms with Gasteiger partial charge in [0, 0.05) is 24.7 Å². The molecule has 1 aromatic rings. The van der Waals surface area contributed by atoms with Crippen LogP contribution < -0.4 is 5.73 Å². The van der Waals surface area contributed by atoms with Gasteiger partial charge in [0.1, 0.15) is 0 Å². The lowest BCUT2D eigenvalue weighted by molar-refractivity contribution is 0.0741. The van der Waals surface area contributed by atoms with Gasteiger partial charge >= 0.3 is 5.76 Å². The molecule has 9 heteroatoms.